The van der Waals surface area contributed by atoms with Gasteiger partial charge in [-0.2, -0.15) is 8.78 Å². The predicted molar refractivity (Wildman–Crippen MR) is 115 cm³/mol. The number of hydrogen-bond donors (Lipinski definition) is 2. The Morgan fingerprint density at radius 2 is 1.71 bits per heavy atom. The van der Waals surface area contributed by atoms with E-state index in [4.69, 9.17) is 21.7 Å². The van der Waals surface area contributed by atoms with Crippen LogP contribution in [-0.2, 0) is 4.79 Å². The molecule has 0 radical (unpaired) electrons. The first-order valence-electron chi connectivity index (χ1n) is 9.79. The van der Waals surface area contributed by atoms with Crippen molar-refractivity contribution in [2.24, 2.45) is 5.92 Å². The summed E-state index contributed by atoms with van der Waals surface area (Å²) in [5.74, 6) is 1.23. The molecule has 2 heterocycles. The molecular weight excluding hydrogens is 428 g/mol. The van der Waals surface area contributed by atoms with Crippen LogP contribution in [0.1, 0.15) is 12.8 Å². The lowest BCUT2D eigenvalue weighted by Crippen LogP contribution is -2.43. The van der Waals surface area contributed by atoms with Crippen LogP contribution >= 0.6 is 12.2 Å². The molecule has 2 aromatic rings. The SMILES string of the molecule is O=C(Nc1ccc2c(c1)OCO2)C1CCN(C(=S)Nc2ccc(OC(F)F)cc2)CC1. The number of nitrogens with zero attached hydrogens (tertiary/aromatic N) is 1. The summed E-state index contributed by atoms with van der Waals surface area (Å²) < 4.78 is 39.4. The molecule has 0 saturated carbocycles. The minimum atomic E-state index is -2.86. The molecule has 1 fully saturated rings. The van der Waals surface area contributed by atoms with E-state index >= 15 is 0 Å². The zero-order chi connectivity index (χ0) is 21.8. The van der Waals surface area contributed by atoms with Crippen LogP contribution in [0.3, 0.4) is 0 Å². The van der Waals surface area contributed by atoms with Crippen molar-refractivity contribution in [3.63, 3.8) is 0 Å². The molecule has 0 spiro atoms. The number of thiocarbonyl (C=S) groups is 1. The van der Waals surface area contributed by atoms with E-state index in [9.17, 15) is 13.6 Å². The highest BCUT2D eigenvalue weighted by atomic mass is 32.1. The highest BCUT2D eigenvalue weighted by Gasteiger charge is 2.26. The van der Waals surface area contributed by atoms with Crippen molar-refractivity contribution in [3.05, 3.63) is 42.5 Å². The Labute approximate surface area is 183 Å². The molecule has 4 rings (SSSR count). The van der Waals surface area contributed by atoms with Crippen LogP contribution in [0, 0.1) is 5.92 Å². The van der Waals surface area contributed by atoms with Gasteiger partial charge in [0.2, 0.25) is 12.7 Å². The molecule has 1 amide bonds. The van der Waals surface area contributed by atoms with Crippen molar-refractivity contribution in [1.29, 1.82) is 0 Å². The van der Waals surface area contributed by atoms with Gasteiger partial charge in [0, 0.05) is 36.4 Å². The highest BCUT2D eigenvalue weighted by molar-refractivity contribution is 7.80. The van der Waals surface area contributed by atoms with Crippen molar-refractivity contribution in [2.45, 2.75) is 19.5 Å². The van der Waals surface area contributed by atoms with E-state index in [2.05, 4.69) is 15.4 Å². The van der Waals surface area contributed by atoms with Crippen molar-refractivity contribution in [1.82, 2.24) is 4.90 Å². The molecule has 0 unspecified atom stereocenters. The minimum absolute atomic E-state index is 0.0352. The molecule has 2 aliphatic heterocycles. The molecule has 164 valence electrons. The van der Waals surface area contributed by atoms with Gasteiger partial charge in [0.1, 0.15) is 5.75 Å². The lowest BCUT2D eigenvalue weighted by atomic mass is 9.96. The number of piperidine rings is 1. The highest BCUT2D eigenvalue weighted by Crippen LogP contribution is 2.34. The molecule has 7 nitrogen and oxygen atoms in total. The summed E-state index contributed by atoms with van der Waals surface area (Å²) >= 11 is 5.45. The maximum absolute atomic E-state index is 12.6. The zero-order valence-corrected chi connectivity index (χ0v) is 17.3. The molecule has 0 aromatic heterocycles. The smallest absolute Gasteiger partial charge is 0.387 e. The quantitative estimate of drug-likeness (QED) is 0.667. The lowest BCUT2D eigenvalue weighted by molar-refractivity contribution is -0.120. The Morgan fingerprint density at radius 1 is 1.03 bits per heavy atom. The fourth-order valence-electron chi connectivity index (χ4n) is 3.49. The largest absolute Gasteiger partial charge is 0.454 e. The topological polar surface area (TPSA) is 72.1 Å². The molecule has 2 aromatic carbocycles. The monoisotopic (exact) mass is 449 g/mol. The molecule has 31 heavy (non-hydrogen) atoms. The molecule has 1 saturated heterocycles. The van der Waals surface area contributed by atoms with Gasteiger partial charge in [-0.1, -0.05) is 0 Å². The Balaban J connectivity index is 1.25. The summed E-state index contributed by atoms with van der Waals surface area (Å²) in [6.45, 7) is -1.40. The minimum Gasteiger partial charge on any atom is -0.454 e. The first-order chi connectivity index (χ1) is 15.0. The van der Waals surface area contributed by atoms with Crippen molar-refractivity contribution in [2.75, 3.05) is 30.5 Å². The van der Waals surface area contributed by atoms with Gasteiger partial charge >= 0.3 is 6.61 Å². The maximum Gasteiger partial charge on any atom is 0.387 e. The number of amides is 1. The van der Waals surface area contributed by atoms with Crippen LogP contribution < -0.4 is 24.8 Å². The second-order valence-corrected chi connectivity index (χ2v) is 7.54. The number of ether oxygens (including phenoxy) is 3. The number of nitrogens with one attached hydrogen (secondary N) is 2. The van der Waals surface area contributed by atoms with E-state index in [-0.39, 0.29) is 24.4 Å². The molecule has 10 heteroatoms. The van der Waals surface area contributed by atoms with E-state index in [1.54, 1.807) is 30.3 Å². The van der Waals surface area contributed by atoms with Crippen LogP contribution in [0.25, 0.3) is 0 Å². The summed E-state index contributed by atoms with van der Waals surface area (Å²) in [5.41, 5.74) is 1.35. The van der Waals surface area contributed by atoms with Crippen LogP contribution in [0.5, 0.6) is 17.2 Å². The van der Waals surface area contributed by atoms with Crippen LogP contribution in [0.4, 0.5) is 20.2 Å². The Bertz CT molecular complexity index is 950. The molecule has 0 bridgehead atoms. The van der Waals surface area contributed by atoms with Gasteiger partial charge in [0.25, 0.3) is 0 Å². The average Bonchev–Trinajstić information content (AvgIpc) is 3.23. The Morgan fingerprint density at radius 3 is 2.42 bits per heavy atom. The average molecular weight is 449 g/mol. The number of hydrogen-bond acceptors (Lipinski definition) is 5. The van der Waals surface area contributed by atoms with E-state index in [0.29, 0.717) is 53.9 Å². The third-order valence-corrected chi connectivity index (χ3v) is 5.48. The van der Waals surface area contributed by atoms with Gasteiger partial charge in [-0.05, 0) is 61.5 Å². The number of rotatable bonds is 5. The fraction of sp³-hybridized carbons (Fsp3) is 0.333. The maximum atomic E-state index is 12.6. The van der Waals surface area contributed by atoms with Gasteiger partial charge in [0.15, 0.2) is 16.6 Å². The van der Waals surface area contributed by atoms with Crippen molar-refractivity contribution in [3.8, 4) is 17.2 Å². The van der Waals surface area contributed by atoms with E-state index in [0.717, 1.165) is 0 Å². The van der Waals surface area contributed by atoms with E-state index in [1.165, 1.54) is 12.1 Å². The van der Waals surface area contributed by atoms with Gasteiger partial charge in [-0.25, -0.2) is 0 Å². The predicted octanol–water partition coefficient (Wildman–Crippen LogP) is 4.06. The second kappa shape index (κ2) is 9.34. The standard InChI is InChI=1S/C21H21F2N3O4S/c22-20(23)30-16-4-1-14(2-5-16)25-21(31)26-9-7-13(8-10-26)19(27)24-15-3-6-17-18(11-15)29-12-28-17/h1-6,11,13,20H,7-10,12H2,(H,24,27)(H,25,31). The van der Waals surface area contributed by atoms with Gasteiger partial charge < -0.3 is 29.7 Å². The van der Waals surface area contributed by atoms with Crippen LogP contribution in [0.2, 0.25) is 0 Å². The Hall–Kier alpha value is -3.14. The summed E-state index contributed by atoms with van der Waals surface area (Å²) in [5, 5.41) is 6.55. The Kier molecular flexibility index (Phi) is 6.36. The number of alkyl halides is 2. The number of carbonyl (C=O) groups excluding carboxylic acids is 1. The van der Waals surface area contributed by atoms with E-state index < -0.39 is 6.61 Å². The van der Waals surface area contributed by atoms with Gasteiger partial charge in [0.05, 0.1) is 0 Å². The summed E-state index contributed by atoms with van der Waals surface area (Å²) in [4.78, 5) is 14.6. The number of likely N-dealkylation sites (tertiary alicyclic amines) is 1. The molecule has 2 aliphatic rings. The third kappa shape index (κ3) is 5.32. The number of carbonyl (C=O) groups is 1. The molecule has 0 atom stereocenters. The summed E-state index contributed by atoms with van der Waals surface area (Å²) in [6.07, 6.45) is 1.33. The molecule has 2 N–H and O–H groups in total. The first kappa shape index (κ1) is 21.1. The number of anilines is 2. The van der Waals surface area contributed by atoms with Crippen LogP contribution in [0.15, 0.2) is 42.5 Å². The summed E-state index contributed by atoms with van der Waals surface area (Å²) in [7, 11) is 0. The zero-order valence-electron chi connectivity index (χ0n) is 16.5. The number of fused-ring (bicyclic) bond motifs is 1. The fourth-order valence-corrected chi connectivity index (χ4v) is 3.79. The van der Waals surface area contributed by atoms with Gasteiger partial charge in [-0.15, -0.1) is 0 Å². The lowest BCUT2D eigenvalue weighted by Gasteiger charge is -2.33. The molecular formula is C21H21F2N3O4S. The number of halogens is 2. The normalized spacial score (nSPS) is 15.6. The van der Waals surface area contributed by atoms with E-state index in [1.807, 2.05) is 4.90 Å². The van der Waals surface area contributed by atoms with Crippen LogP contribution in [-0.4, -0.2) is 42.4 Å². The second-order valence-electron chi connectivity index (χ2n) is 7.15. The van der Waals surface area contributed by atoms with Crippen molar-refractivity contribution < 1.29 is 27.8 Å². The molecule has 0 aliphatic carbocycles. The number of benzene rings is 2. The third-order valence-electron chi connectivity index (χ3n) is 5.12. The summed E-state index contributed by atoms with van der Waals surface area (Å²) in [6, 6.07) is 11.5. The van der Waals surface area contributed by atoms with Gasteiger partial charge in [-0.3, -0.25) is 4.79 Å². The van der Waals surface area contributed by atoms with Crippen molar-refractivity contribution >= 4 is 34.6 Å². The first-order valence-corrected chi connectivity index (χ1v) is 10.2.